The number of nitrogens with zero attached hydrogens (tertiary/aromatic N) is 3. The van der Waals surface area contributed by atoms with E-state index in [2.05, 4.69) is 27.2 Å². The predicted molar refractivity (Wildman–Crippen MR) is 222 cm³/mol. The highest BCUT2D eigenvalue weighted by atomic mass is 35.5. The number of nitrogens with one attached hydrogen (secondary N) is 1. The number of hydrogen-bond donors (Lipinski definition) is 3. The Kier molecular flexibility index (Phi) is 18.8. The van der Waals surface area contributed by atoms with Gasteiger partial charge in [-0.15, -0.1) is 0 Å². The molecule has 2 aliphatic rings. The van der Waals surface area contributed by atoms with Crippen LogP contribution < -0.4 is 19.5 Å². The minimum Gasteiger partial charge on any atom is -0.493 e. The number of likely N-dealkylation sites (tertiary alicyclic amines) is 2. The van der Waals surface area contributed by atoms with Gasteiger partial charge < -0.3 is 44.4 Å². The highest BCUT2D eigenvalue weighted by Gasteiger charge is 2.45. The topological polar surface area (TPSA) is 158 Å². The number of piperidine rings is 1. The van der Waals surface area contributed by atoms with Crippen molar-refractivity contribution in [3.8, 4) is 17.2 Å². The molecule has 13 nitrogen and oxygen atoms in total. The quantitative estimate of drug-likeness (QED) is 0.149. The van der Waals surface area contributed by atoms with Crippen LogP contribution in [0.25, 0.3) is 0 Å². The second kappa shape index (κ2) is 22.6. The number of carbonyl (C=O) groups excluding carboxylic acids is 2. The summed E-state index contributed by atoms with van der Waals surface area (Å²) in [6.45, 7) is 4.92. The molecule has 5 rings (SSSR count). The van der Waals surface area contributed by atoms with Gasteiger partial charge in [-0.25, -0.2) is 9.59 Å². The standard InChI is InChI=1S/C38H48Cl2N4O5.2C2HF3O2/c1-42(2)22-17-41-36(46)38(28-9-7-6-8-10-28)15-19-43(20-16-38)18-13-37(29-11-12-30(39)31(40)25-29)14-21-44(26-37)35(45)27-23-32(47-3)34(49-5)33(24-27)48-4;2*3-2(4,5)1(6)7/h6-12,23-25H,13-22,26H2,1-5H3,(H,41,46);2*(H,6,7). The van der Waals surface area contributed by atoms with Crippen molar-refractivity contribution in [3.63, 3.8) is 0 Å². The fourth-order valence-electron chi connectivity index (χ4n) is 7.34. The SMILES string of the molecule is COc1cc(C(=O)N2CCC(CCN3CCC(C(=O)NCCN(C)C)(c4ccccc4)CC3)(c3ccc(Cl)c(Cl)c3)C2)cc(OC)c1OC.O=C(O)C(F)(F)F.O=C(O)C(F)(F)F. The van der Waals surface area contributed by atoms with Gasteiger partial charge in [-0.1, -0.05) is 59.6 Å². The summed E-state index contributed by atoms with van der Waals surface area (Å²) in [6.07, 6.45) is -7.11. The zero-order valence-electron chi connectivity index (χ0n) is 35.2. The summed E-state index contributed by atoms with van der Waals surface area (Å²) in [7, 11) is 8.64. The van der Waals surface area contributed by atoms with Crippen molar-refractivity contribution in [1.29, 1.82) is 0 Å². The van der Waals surface area contributed by atoms with E-state index in [1.165, 1.54) is 0 Å². The molecule has 0 radical (unpaired) electrons. The minimum atomic E-state index is -5.08. The van der Waals surface area contributed by atoms with Gasteiger partial charge >= 0.3 is 24.3 Å². The van der Waals surface area contributed by atoms with E-state index in [1.807, 2.05) is 55.4 Å². The largest absolute Gasteiger partial charge is 0.493 e. The van der Waals surface area contributed by atoms with Gasteiger partial charge in [0.25, 0.3) is 5.91 Å². The van der Waals surface area contributed by atoms with Gasteiger partial charge in [0.15, 0.2) is 11.5 Å². The zero-order valence-corrected chi connectivity index (χ0v) is 36.7. The van der Waals surface area contributed by atoms with Crippen molar-refractivity contribution in [2.24, 2.45) is 0 Å². The predicted octanol–water partition coefficient (Wildman–Crippen LogP) is 7.17. The summed E-state index contributed by atoms with van der Waals surface area (Å²) in [5.74, 6) is -4.21. The van der Waals surface area contributed by atoms with E-state index >= 15 is 0 Å². The maximum absolute atomic E-state index is 14.0. The molecule has 1 atom stereocenters. The summed E-state index contributed by atoms with van der Waals surface area (Å²) in [6, 6.07) is 19.4. The molecule has 0 aromatic heterocycles. The highest BCUT2D eigenvalue weighted by molar-refractivity contribution is 6.42. The second-order valence-electron chi connectivity index (χ2n) is 15.0. The van der Waals surface area contributed by atoms with Crippen LogP contribution in [-0.4, -0.2) is 142 Å². The number of benzene rings is 3. The van der Waals surface area contributed by atoms with Gasteiger partial charge in [0.1, 0.15) is 0 Å². The van der Waals surface area contributed by atoms with Crippen molar-refractivity contribution in [3.05, 3.63) is 87.4 Å². The number of carbonyl (C=O) groups is 4. The Morgan fingerprint density at radius 2 is 1.30 bits per heavy atom. The number of halogens is 8. The monoisotopic (exact) mass is 938 g/mol. The molecule has 2 heterocycles. The Labute approximate surface area is 370 Å². The third kappa shape index (κ3) is 14.0. The number of rotatable bonds is 13. The number of aliphatic carboxylic acids is 2. The van der Waals surface area contributed by atoms with Crippen LogP contribution in [0.5, 0.6) is 17.2 Å². The average Bonchev–Trinajstić information content (AvgIpc) is 3.68. The molecule has 2 saturated heterocycles. The molecule has 63 heavy (non-hydrogen) atoms. The first-order valence-electron chi connectivity index (χ1n) is 19.3. The zero-order chi connectivity index (χ0) is 47.3. The lowest BCUT2D eigenvalue weighted by Gasteiger charge is -2.42. The van der Waals surface area contributed by atoms with Crippen LogP contribution in [0.2, 0.25) is 10.0 Å². The van der Waals surface area contributed by atoms with Gasteiger partial charge in [-0.05, 0) is 94.8 Å². The molecule has 0 aliphatic carbocycles. The molecule has 0 saturated carbocycles. The average molecular weight is 940 g/mol. The van der Waals surface area contributed by atoms with E-state index in [4.69, 9.17) is 57.2 Å². The molecule has 348 valence electrons. The minimum absolute atomic E-state index is 0.101. The van der Waals surface area contributed by atoms with Crippen molar-refractivity contribution in [2.75, 3.05) is 81.2 Å². The lowest BCUT2D eigenvalue weighted by molar-refractivity contribution is -0.193. The lowest BCUT2D eigenvalue weighted by atomic mass is 9.71. The van der Waals surface area contributed by atoms with Crippen LogP contribution in [0.15, 0.2) is 60.7 Å². The normalized spacial score (nSPS) is 17.4. The lowest BCUT2D eigenvalue weighted by Crippen LogP contribution is -2.53. The number of alkyl halides is 6. The first kappa shape index (κ1) is 52.4. The van der Waals surface area contributed by atoms with Gasteiger partial charge in [0, 0.05) is 37.2 Å². The summed E-state index contributed by atoms with van der Waals surface area (Å²) >= 11 is 12.9. The maximum atomic E-state index is 14.0. The van der Waals surface area contributed by atoms with E-state index in [0.29, 0.717) is 52.5 Å². The summed E-state index contributed by atoms with van der Waals surface area (Å²) in [5, 5.41) is 18.5. The van der Waals surface area contributed by atoms with Crippen molar-refractivity contribution >= 4 is 47.0 Å². The van der Waals surface area contributed by atoms with Gasteiger partial charge in [-0.2, -0.15) is 26.3 Å². The van der Waals surface area contributed by atoms with Crippen molar-refractivity contribution < 1.29 is 69.9 Å². The molecule has 0 bridgehead atoms. The third-order valence-corrected chi connectivity index (χ3v) is 11.5. The Morgan fingerprint density at radius 3 is 1.76 bits per heavy atom. The van der Waals surface area contributed by atoms with Crippen LogP contribution in [-0.2, 0) is 25.2 Å². The Balaban J connectivity index is 0.000000650. The van der Waals surface area contributed by atoms with E-state index in [1.54, 1.807) is 33.5 Å². The molecule has 3 N–H and O–H groups in total. The smallest absolute Gasteiger partial charge is 0.490 e. The molecular formula is C42H50Cl2F6N4O9. The van der Waals surface area contributed by atoms with Gasteiger partial charge in [0.05, 0.1) is 36.8 Å². The number of ether oxygens (including phenoxy) is 3. The van der Waals surface area contributed by atoms with Crippen LogP contribution in [0.3, 0.4) is 0 Å². The van der Waals surface area contributed by atoms with E-state index in [-0.39, 0.29) is 17.2 Å². The van der Waals surface area contributed by atoms with Crippen LogP contribution in [0.4, 0.5) is 26.3 Å². The number of hydrogen-bond acceptors (Lipinski definition) is 9. The molecule has 2 fully saturated rings. The molecule has 3 aromatic rings. The molecule has 1 unspecified atom stereocenters. The summed E-state index contributed by atoms with van der Waals surface area (Å²) in [4.78, 5) is 52.0. The Bertz CT molecular complexity index is 1990. The summed E-state index contributed by atoms with van der Waals surface area (Å²) < 4.78 is 80.0. The molecule has 21 heteroatoms. The van der Waals surface area contributed by atoms with Gasteiger partial charge in [0.2, 0.25) is 11.7 Å². The number of carboxylic acid groups (broad SMARTS) is 2. The number of carboxylic acids is 2. The molecular weight excluding hydrogens is 889 g/mol. The molecule has 0 spiro atoms. The van der Waals surface area contributed by atoms with E-state index in [9.17, 15) is 35.9 Å². The first-order chi connectivity index (χ1) is 29.4. The summed E-state index contributed by atoms with van der Waals surface area (Å²) in [5.41, 5.74) is 1.71. The fraction of sp³-hybridized carbons (Fsp3) is 0.476. The maximum Gasteiger partial charge on any atom is 0.490 e. The van der Waals surface area contributed by atoms with Crippen molar-refractivity contribution in [1.82, 2.24) is 20.0 Å². The van der Waals surface area contributed by atoms with E-state index < -0.39 is 29.7 Å². The van der Waals surface area contributed by atoms with Gasteiger partial charge in [-0.3, -0.25) is 9.59 Å². The fourth-order valence-corrected chi connectivity index (χ4v) is 7.64. The third-order valence-electron chi connectivity index (χ3n) is 10.8. The number of amides is 2. The first-order valence-corrected chi connectivity index (χ1v) is 20.1. The molecule has 3 aromatic carbocycles. The van der Waals surface area contributed by atoms with Crippen LogP contribution >= 0.6 is 23.2 Å². The van der Waals surface area contributed by atoms with Crippen LogP contribution in [0, 0.1) is 0 Å². The van der Waals surface area contributed by atoms with Crippen LogP contribution in [0.1, 0.15) is 47.2 Å². The Morgan fingerprint density at radius 1 is 0.762 bits per heavy atom. The van der Waals surface area contributed by atoms with E-state index in [0.717, 1.165) is 63.0 Å². The molecule has 2 aliphatic heterocycles. The van der Waals surface area contributed by atoms with Crippen molar-refractivity contribution in [2.45, 2.75) is 48.9 Å². The number of likely N-dealkylation sites (N-methyl/N-ethyl adjacent to an activating group) is 1. The Hall–Kier alpha value is -4.98. The number of methoxy groups -OCH3 is 3. The second-order valence-corrected chi connectivity index (χ2v) is 15.8. The molecule has 2 amide bonds. The highest BCUT2D eigenvalue weighted by Crippen LogP contribution is 2.43.